The van der Waals surface area contributed by atoms with Crippen LogP contribution in [0.2, 0.25) is 0 Å². The molecule has 0 heterocycles. The maximum absolute atomic E-state index is 12.0. The monoisotopic (exact) mass is 290 g/mol. The Balaban J connectivity index is 2.61. The van der Waals surface area contributed by atoms with Gasteiger partial charge in [-0.3, -0.25) is 9.59 Å². The molecule has 0 fully saturated rings. The first kappa shape index (κ1) is 17.2. The minimum atomic E-state index is -0.277. The largest absolute Gasteiger partial charge is 0.356 e. The van der Waals surface area contributed by atoms with Crippen molar-refractivity contribution in [1.82, 2.24) is 5.32 Å². The Hall–Kier alpha value is -1.84. The van der Waals surface area contributed by atoms with Crippen LogP contribution in [-0.2, 0) is 15.0 Å². The minimum Gasteiger partial charge on any atom is -0.356 e. The Kier molecular flexibility index (Phi) is 6.40. The molecule has 1 rings (SSSR count). The molecule has 1 aromatic rings. The zero-order valence-corrected chi connectivity index (χ0v) is 13.5. The highest BCUT2D eigenvalue weighted by molar-refractivity contribution is 6.03. The van der Waals surface area contributed by atoms with Crippen LogP contribution in [0, 0.1) is 0 Å². The SMILES string of the molecule is CCCCNC(=O)CC(=O)Nc1ccccc1C(C)(C)C. The number of para-hydroxylation sites is 1. The molecule has 0 aliphatic rings. The summed E-state index contributed by atoms with van der Waals surface area (Å²) in [5, 5.41) is 5.58. The normalized spacial score (nSPS) is 11.0. The van der Waals surface area contributed by atoms with E-state index in [0.29, 0.717) is 6.54 Å². The Morgan fingerprint density at radius 3 is 2.38 bits per heavy atom. The first-order chi connectivity index (χ1) is 9.84. The van der Waals surface area contributed by atoms with E-state index in [1.807, 2.05) is 24.3 Å². The average Bonchev–Trinajstić information content (AvgIpc) is 2.38. The van der Waals surface area contributed by atoms with Crippen molar-refractivity contribution in [3.63, 3.8) is 0 Å². The van der Waals surface area contributed by atoms with E-state index in [4.69, 9.17) is 0 Å². The molecule has 0 aliphatic heterocycles. The van der Waals surface area contributed by atoms with Crippen molar-refractivity contribution >= 4 is 17.5 Å². The van der Waals surface area contributed by atoms with Crippen LogP contribution in [0.25, 0.3) is 0 Å². The quantitative estimate of drug-likeness (QED) is 0.624. The predicted molar refractivity (Wildman–Crippen MR) is 86.3 cm³/mol. The maximum atomic E-state index is 12.0. The molecule has 116 valence electrons. The molecule has 0 atom stereocenters. The van der Waals surface area contributed by atoms with Gasteiger partial charge in [-0.05, 0) is 23.5 Å². The number of nitrogens with one attached hydrogen (secondary N) is 2. The predicted octanol–water partition coefficient (Wildman–Crippen LogP) is 3.23. The summed E-state index contributed by atoms with van der Waals surface area (Å²) in [5.74, 6) is -0.505. The van der Waals surface area contributed by atoms with Crippen molar-refractivity contribution in [3.05, 3.63) is 29.8 Å². The Morgan fingerprint density at radius 1 is 1.10 bits per heavy atom. The first-order valence-corrected chi connectivity index (χ1v) is 7.50. The van der Waals surface area contributed by atoms with Gasteiger partial charge in [0.2, 0.25) is 11.8 Å². The topological polar surface area (TPSA) is 58.2 Å². The number of carbonyl (C=O) groups excluding carboxylic acids is 2. The highest BCUT2D eigenvalue weighted by Gasteiger charge is 2.19. The lowest BCUT2D eigenvalue weighted by Crippen LogP contribution is -2.29. The van der Waals surface area contributed by atoms with Gasteiger partial charge in [-0.25, -0.2) is 0 Å². The van der Waals surface area contributed by atoms with Crippen molar-refractivity contribution in [3.8, 4) is 0 Å². The van der Waals surface area contributed by atoms with Crippen LogP contribution < -0.4 is 10.6 Å². The van der Waals surface area contributed by atoms with E-state index in [2.05, 4.69) is 38.3 Å². The molecule has 21 heavy (non-hydrogen) atoms. The lowest BCUT2D eigenvalue weighted by Gasteiger charge is -2.22. The van der Waals surface area contributed by atoms with Gasteiger partial charge in [0, 0.05) is 12.2 Å². The summed E-state index contributed by atoms with van der Waals surface area (Å²) >= 11 is 0. The van der Waals surface area contributed by atoms with Crippen LogP contribution in [-0.4, -0.2) is 18.4 Å². The maximum Gasteiger partial charge on any atom is 0.233 e. The minimum absolute atomic E-state index is 0.0622. The second kappa shape index (κ2) is 7.81. The van der Waals surface area contributed by atoms with Crippen molar-refractivity contribution in [2.45, 2.75) is 52.4 Å². The van der Waals surface area contributed by atoms with Gasteiger partial charge in [0.15, 0.2) is 0 Å². The van der Waals surface area contributed by atoms with Crippen molar-refractivity contribution in [1.29, 1.82) is 0 Å². The number of hydrogen-bond acceptors (Lipinski definition) is 2. The summed E-state index contributed by atoms with van der Waals surface area (Å²) in [5.41, 5.74) is 1.77. The fourth-order valence-corrected chi connectivity index (χ4v) is 2.05. The average molecular weight is 290 g/mol. The fourth-order valence-electron chi connectivity index (χ4n) is 2.05. The van der Waals surface area contributed by atoms with E-state index in [1.165, 1.54) is 0 Å². The lowest BCUT2D eigenvalue weighted by molar-refractivity contribution is -0.126. The van der Waals surface area contributed by atoms with E-state index < -0.39 is 0 Å². The number of carbonyl (C=O) groups is 2. The second-order valence-electron chi connectivity index (χ2n) is 6.22. The van der Waals surface area contributed by atoms with E-state index in [1.54, 1.807) is 0 Å². The van der Waals surface area contributed by atoms with Gasteiger partial charge in [0.25, 0.3) is 0 Å². The van der Waals surface area contributed by atoms with Gasteiger partial charge in [-0.15, -0.1) is 0 Å². The molecule has 0 aliphatic carbocycles. The molecule has 0 spiro atoms. The van der Waals surface area contributed by atoms with Gasteiger partial charge in [-0.2, -0.15) is 0 Å². The van der Waals surface area contributed by atoms with Crippen LogP contribution in [0.1, 0.15) is 52.5 Å². The van der Waals surface area contributed by atoms with Crippen molar-refractivity contribution in [2.75, 3.05) is 11.9 Å². The number of benzene rings is 1. The molecule has 0 aromatic heterocycles. The highest BCUT2D eigenvalue weighted by atomic mass is 16.2. The molecular formula is C17H26N2O2. The molecule has 2 N–H and O–H groups in total. The fraction of sp³-hybridized carbons (Fsp3) is 0.529. The summed E-state index contributed by atoms with van der Waals surface area (Å²) in [7, 11) is 0. The number of hydrogen-bond donors (Lipinski definition) is 2. The zero-order valence-electron chi connectivity index (χ0n) is 13.5. The number of rotatable bonds is 6. The van der Waals surface area contributed by atoms with Crippen molar-refractivity contribution < 1.29 is 9.59 Å². The van der Waals surface area contributed by atoms with Gasteiger partial charge in [0.05, 0.1) is 0 Å². The molecule has 4 nitrogen and oxygen atoms in total. The highest BCUT2D eigenvalue weighted by Crippen LogP contribution is 2.29. The molecular weight excluding hydrogens is 264 g/mol. The summed E-state index contributed by atoms with van der Waals surface area (Å²) in [6.45, 7) is 8.96. The third-order valence-corrected chi connectivity index (χ3v) is 3.18. The Bertz CT molecular complexity index is 490. The smallest absolute Gasteiger partial charge is 0.233 e. The Morgan fingerprint density at radius 2 is 1.76 bits per heavy atom. The third-order valence-electron chi connectivity index (χ3n) is 3.18. The summed E-state index contributed by atoms with van der Waals surface area (Å²) in [4.78, 5) is 23.6. The Labute approximate surface area is 127 Å². The van der Waals surface area contributed by atoms with Gasteiger partial charge >= 0.3 is 0 Å². The molecule has 0 bridgehead atoms. The van der Waals surface area contributed by atoms with Crippen LogP contribution in [0.5, 0.6) is 0 Å². The molecule has 0 unspecified atom stereocenters. The first-order valence-electron chi connectivity index (χ1n) is 7.50. The summed E-state index contributed by atoms with van der Waals surface area (Å²) in [6, 6.07) is 7.70. The van der Waals surface area contributed by atoms with Gasteiger partial charge < -0.3 is 10.6 Å². The standard InChI is InChI=1S/C17H26N2O2/c1-5-6-11-18-15(20)12-16(21)19-14-10-8-7-9-13(14)17(2,3)4/h7-10H,5-6,11-12H2,1-4H3,(H,18,20)(H,19,21). The van der Waals surface area contributed by atoms with Gasteiger partial charge in [-0.1, -0.05) is 52.3 Å². The van der Waals surface area contributed by atoms with E-state index in [9.17, 15) is 9.59 Å². The van der Waals surface area contributed by atoms with Crippen LogP contribution in [0.3, 0.4) is 0 Å². The molecule has 0 radical (unpaired) electrons. The number of anilines is 1. The van der Waals surface area contributed by atoms with E-state index in [0.717, 1.165) is 24.1 Å². The summed E-state index contributed by atoms with van der Waals surface area (Å²) in [6.07, 6.45) is 1.81. The van der Waals surface area contributed by atoms with E-state index >= 15 is 0 Å². The van der Waals surface area contributed by atoms with Crippen molar-refractivity contribution in [2.24, 2.45) is 0 Å². The summed E-state index contributed by atoms with van der Waals surface area (Å²) < 4.78 is 0. The second-order valence-corrected chi connectivity index (χ2v) is 6.22. The molecule has 0 saturated carbocycles. The van der Waals surface area contributed by atoms with Crippen LogP contribution in [0.15, 0.2) is 24.3 Å². The van der Waals surface area contributed by atoms with Gasteiger partial charge in [0.1, 0.15) is 6.42 Å². The third kappa shape index (κ3) is 5.98. The molecule has 1 aromatic carbocycles. The number of unbranched alkanes of at least 4 members (excludes halogenated alkanes) is 1. The number of amides is 2. The van der Waals surface area contributed by atoms with Crippen LogP contribution >= 0.6 is 0 Å². The van der Waals surface area contributed by atoms with Crippen LogP contribution in [0.4, 0.5) is 5.69 Å². The lowest BCUT2D eigenvalue weighted by atomic mass is 9.86. The molecule has 0 saturated heterocycles. The molecule has 4 heteroatoms. The molecule has 2 amide bonds. The van der Waals surface area contributed by atoms with E-state index in [-0.39, 0.29) is 23.7 Å². The zero-order chi connectivity index (χ0) is 15.9.